The molecule has 7 heteroatoms. The normalized spacial score (nSPS) is 18.9. The summed E-state index contributed by atoms with van der Waals surface area (Å²) in [6, 6.07) is 14.6. The maximum Gasteiger partial charge on any atom is 0.335 e. The van der Waals surface area contributed by atoms with E-state index in [1.165, 1.54) is 11.6 Å². The fourth-order valence-electron chi connectivity index (χ4n) is 4.28. The molecule has 188 valence electrons. The van der Waals surface area contributed by atoms with Crippen LogP contribution in [0.1, 0.15) is 66.3 Å². The van der Waals surface area contributed by atoms with Crippen molar-refractivity contribution in [3.63, 3.8) is 0 Å². The molecule has 0 radical (unpaired) electrons. The lowest BCUT2D eigenvalue weighted by atomic mass is 9.81. The third kappa shape index (κ3) is 7.13. The molecule has 1 aliphatic rings. The Morgan fingerprint density at radius 3 is 2.46 bits per heavy atom. The van der Waals surface area contributed by atoms with E-state index in [1.807, 2.05) is 30.3 Å². The van der Waals surface area contributed by atoms with Crippen LogP contribution in [0.5, 0.6) is 0 Å². The molecular formula is C28H35NO5S. The lowest BCUT2D eigenvalue weighted by molar-refractivity contribution is 0.0696. The first kappa shape index (κ1) is 26.9. The first-order chi connectivity index (χ1) is 16.6. The van der Waals surface area contributed by atoms with Gasteiger partial charge in [0, 0.05) is 12.5 Å². The van der Waals surface area contributed by atoms with Crippen LogP contribution >= 0.6 is 0 Å². The number of carbonyl (C=O) groups is 1. The Kier molecular flexibility index (Phi) is 9.05. The molecule has 0 aliphatic heterocycles. The highest BCUT2D eigenvalue weighted by Gasteiger charge is 2.24. The number of hydrogen-bond donors (Lipinski definition) is 3. The number of carboxylic acid groups (broad SMARTS) is 1. The molecule has 1 aliphatic carbocycles. The van der Waals surface area contributed by atoms with Gasteiger partial charge in [-0.3, -0.25) is 0 Å². The SMILES string of the molecule is CC1C=C(CCNCC(O)c2ccccc2)C=CC1c1ccc(C(=O)O)c(CS(=O)(=O)C(C)C)c1. The Morgan fingerprint density at radius 2 is 1.83 bits per heavy atom. The smallest absolute Gasteiger partial charge is 0.335 e. The van der Waals surface area contributed by atoms with Gasteiger partial charge in [0.15, 0.2) is 9.84 Å². The summed E-state index contributed by atoms with van der Waals surface area (Å²) in [7, 11) is -3.43. The minimum absolute atomic E-state index is 0.0328. The highest BCUT2D eigenvalue weighted by atomic mass is 32.2. The topological polar surface area (TPSA) is 104 Å². The average molecular weight is 498 g/mol. The summed E-state index contributed by atoms with van der Waals surface area (Å²) >= 11 is 0. The molecule has 0 aromatic heterocycles. The van der Waals surface area contributed by atoms with Crippen LogP contribution in [0.15, 0.2) is 72.3 Å². The number of aliphatic hydroxyl groups excluding tert-OH is 1. The van der Waals surface area contributed by atoms with Crippen LogP contribution in [0.25, 0.3) is 0 Å². The number of aliphatic hydroxyl groups is 1. The fraction of sp³-hybridized carbons (Fsp3) is 0.393. The number of benzene rings is 2. The molecule has 2 aromatic carbocycles. The van der Waals surface area contributed by atoms with E-state index in [-0.39, 0.29) is 23.2 Å². The molecule has 3 unspecified atom stereocenters. The molecule has 3 atom stereocenters. The maximum absolute atomic E-state index is 12.5. The van der Waals surface area contributed by atoms with E-state index >= 15 is 0 Å². The first-order valence-electron chi connectivity index (χ1n) is 12.0. The number of allylic oxidation sites excluding steroid dienone is 3. The molecule has 6 nitrogen and oxygen atoms in total. The maximum atomic E-state index is 12.5. The highest BCUT2D eigenvalue weighted by molar-refractivity contribution is 7.91. The molecule has 0 heterocycles. The Morgan fingerprint density at radius 1 is 1.11 bits per heavy atom. The average Bonchev–Trinajstić information content (AvgIpc) is 2.81. The zero-order valence-electron chi connectivity index (χ0n) is 20.5. The lowest BCUT2D eigenvalue weighted by Crippen LogP contribution is -2.23. The summed E-state index contributed by atoms with van der Waals surface area (Å²) in [6.07, 6.45) is 6.67. The second kappa shape index (κ2) is 11.8. The molecule has 3 rings (SSSR count). The molecule has 0 saturated heterocycles. The van der Waals surface area contributed by atoms with E-state index in [0.717, 1.165) is 24.1 Å². The number of hydrogen-bond acceptors (Lipinski definition) is 5. The summed E-state index contributed by atoms with van der Waals surface area (Å²) in [4.78, 5) is 11.7. The molecular weight excluding hydrogens is 462 g/mol. The van der Waals surface area contributed by atoms with Gasteiger partial charge in [-0.05, 0) is 55.5 Å². The van der Waals surface area contributed by atoms with Crippen molar-refractivity contribution in [2.75, 3.05) is 13.1 Å². The second-order valence-corrected chi connectivity index (χ2v) is 12.0. The number of sulfone groups is 1. The molecule has 0 fully saturated rings. The van der Waals surface area contributed by atoms with Crippen molar-refractivity contribution in [3.8, 4) is 0 Å². The van der Waals surface area contributed by atoms with Gasteiger partial charge in [-0.25, -0.2) is 13.2 Å². The Labute approximate surface area is 208 Å². The summed E-state index contributed by atoms with van der Waals surface area (Å²) in [5.74, 6) is -1.19. The van der Waals surface area contributed by atoms with Crippen molar-refractivity contribution >= 4 is 15.8 Å². The van der Waals surface area contributed by atoms with Crippen LogP contribution in [0, 0.1) is 5.92 Å². The van der Waals surface area contributed by atoms with Crippen molar-refractivity contribution < 1.29 is 23.4 Å². The van der Waals surface area contributed by atoms with Gasteiger partial charge in [0.1, 0.15) is 0 Å². The zero-order chi connectivity index (χ0) is 25.6. The van der Waals surface area contributed by atoms with E-state index in [2.05, 4.69) is 30.5 Å². The van der Waals surface area contributed by atoms with Gasteiger partial charge < -0.3 is 15.5 Å². The van der Waals surface area contributed by atoms with Crippen LogP contribution in [-0.2, 0) is 15.6 Å². The molecule has 2 aromatic rings. The predicted molar refractivity (Wildman–Crippen MR) is 139 cm³/mol. The largest absolute Gasteiger partial charge is 0.478 e. The molecule has 0 spiro atoms. The van der Waals surface area contributed by atoms with E-state index in [9.17, 15) is 23.4 Å². The van der Waals surface area contributed by atoms with Crippen LogP contribution < -0.4 is 5.32 Å². The fourth-order valence-corrected chi connectivity index (χ4v) is 5.28. The van der Waals surface area contributed by atoms with Crippen molar-refractivity contribution in [2.45, 2.75) is 50.2 Å². The number of aromatic carboxylic acids is 1. The van der Waals surface area contributed by atoms with Gasteiger partial charge in [-0.2, -0.15) is 0 Å². The van der Waals surface area contributed by atoms with Crippen LogP contribution in [0.4, 0.5) is 0 Å². The van der Waals surface area contributed by atoms with Crippen molar-refractivity contribution in [1.82, 2.24) is 5.32 Å². The third-order valence-corrected chi connectivity index (χ3v) is 8.64. The van der Waals surface area contributed by atoms with Gasteiger partial charge in [-0.15, -0.1) is 0 Å². The van der Waals surface area contributed by atoms with E-state index < -0.39 is 27.2 Å². The van der Waals surface area contributed by atoms with E-state index in [4.69, 9.17) is 0 Å². The molecule has 35 heavy (non-hydrogen) atoms. The summed E-state index contributed by atoms with van der Waals surface area (Å²) in [6.45, 7) is 6.54. The van der Waals surface area contributed by atoms with Gasteiger partial charge in [0.2, 0.25) is 0 Å². The molecule has 0 bridgehead atoms. The van der Waals surface area contributed by atoms with Crippen LogP contribution in [-0.4, -0.2) is 42.9 Å². The molecule has 0 saturated carbocycles. The van der Waals surface area contributed by atoms with Crippen LogP contribution in [0.2, 0.25) is 0 Å². The van der Waals surface area contributed by atoms with Crippen molar-refractivity contribution in [2.24, 2.45) is 5.92 Å². The van der Waals surface area contributed by atoms with E-state index in [0.29, 0.717) is 12.1 Å². The van der Waals surface area contributed by atoms with Crippen molar-refractivity contribution in [1.29, 1.82) is 0 Å². The van der Waals surface area contributed by atoms with Gasteiger partial charge in [-0.1, -0.05) is 73.2 Å². The number of carboxylic acids is 1. The monoisotopic (exact) mass is 497 g/mol. The third-order valence-electron chi connectivity index (χ3n) is 6.49. The highest BCUT2D eigenvalue weighted by Crippen LogP contribution is 2.34. The number of nitrogens with one attached hydrogen (secondary N) is 1. The summed E-state index contributed by atoms with van der Waals surface area (Å²) < 4.78 is 25.0. The Hall–Kier alpha value is -2.74. The number of rotatable bonds is 11. The minimum Gasteiger partial charge on any atom is -0.478 e. The Balaban J connectivity index is 1.63. The Bertz CT molecular complexity index is 1190. The summed E-state index contributed by atoms with van der Waals surface area (Å²) in [5, 5.41) is 22.6. The minimum atomic E-state index is -3.43. The van der Waals surface area contributed by atoms with E-state index in [1.54, 1.807) is 26.0 Å². The summed E-state index contributed by atoms with van der Waals surface area (Å²) in [5.41, 5.74) is 3.36. The molecule has 0 amide bonds. The first-order valence-corrected chi connectivity index (χ1v) is 13.7. The van der Waals surface area contributed by atoms with Gasteiger partial charge in [0.25, 0.3) is 0 Å². The standard InChI is InChI=1S/C28H35NO5S/c1-19(2)35(33,34)18-24-16-23(10-12-26(24)28(31)32)25-11-9-21(15-20(25)3)13-14-29-17-27(30)22-7-5-4-6-8-22/h4-12,15-16,19-20,25,27,29-30H,13-14,17-18H2,1-3H3,(H,31,32). The zero-order valence-corrected chi connectivity index (χ0v) is 21.3. The second-order valence-electron chi connectivity index (χ2n) is 9.44. The lowest BCUT2D eigenvalue weighted by Gasteiger charge is -2.25. The van der Waals surface area contributed by atoms with Crippen LogP contribution in [0.3, 0.4) is 0 Å². The predicted octanol–water partition coefficient (Wildman–Crippen LogP) is 4.64. The quantitative estimate of drug-likeness (QED) is 0.391. The van der Waals surface area contributed by atoms with Crippen molar-refractivity contribution in [3.05, 3.63) is 94.6 Å². The van der Waals surface area contributed by atoms with Gasteiger partial charge in [0.05, 0.1) is 22.7 Å². The van der Waals surface area contributed by atoms with Gasteiger partial charge >= 0.3 is 5.97 Å². The molecule has 3 N–H and O–H groups in total.